The third-order valence-corrected chi connectivity index (χ3v) is 4.46. The van der Waals surface area contributed by atoms with Gasteiger partial charge < -0.3 is 5.73 Å². The number of hydrogen-bond acceptors (Lipinski definition) is 5. The second-order valence-electron chi connectivity index (χ2n) is 5.48. The number of nitrogen functional groups attached to an aromatic ring is 1. The van der Waals surface area contributed by atoms with Crippen molar-refractivity contribution in [2.75, 3.05) is 5.73 Å². The number of anilines is 1. The van der Waals surface area contributed by atoms with Crippen molar-refractivity contribution in [1.29, 1.82) is 0 Å². The fourth-order valence-electron chi connectivity index (χ4n) is 2.57. The van der Waals surface area contributed by atoms with Gasteiger partial charge in [-0.1, -0.05) is 18.2 Å². The largest absolute Gasteiger partial charge is 0.384 e. The van der Waals surface area contributed by atoms with Gasteiger partial charge in [0.15, 0.2) is 5.82 Å². The third kappa shape index (κ3) is 3.14. The van der Waals surface area contributed by atoms with E-state index in [9.17, 15) is 4.39 Å². The highest BCUT2D eigenvalue weighted by Gasteiger charge is 2.15. The van der Waals surface area contributed by atoms with E-state index in [4.69, 9.17) is 5.73 Å². The van der Waals surface area contributed by atoms with Gasteiger partial charge in [0.1, 0.15) is 17.3 Å². The van der Waals surface area contributed by atoms with E-state index in [0.29, 0.717) is 29.4 Å². The zero-order chi connectivity index (χ0) is 17.2. The van der Waals surface area contributed by atoms with Crippen molar-refractivity contribution in [2.24, 2.45) is 0 Å². The van der Waals surface area contributed by atoms with E-state index in [0.717, 1.165) is 11.3 Å². The monoisotopic (exact) mass is 351 g/mol. The Bertz CT molecular complexity index is 1010. The van der Waals surface area contributed by atoms with Crippen molar-refractivity contribution in [1.82, 2.24) is 19.7 Å². The zero-order valence-corrected chi connectivity index (χ0v) is 13.9. The lowest BCUT2D eigenvalue weighted by atomic mass is 10.2. The fraction of sp³-hybridized carbons (Fsp3) is 0.0556. The first kappa shape index (κ1) is 15.5. The quantitative estimate of drug-likeness (QED) is 0.606. The Morgan fingerprint density at radius 3 is 2.80 bits per heavy atom. The van der Waals surface area contributed by atoms with Gasteiger partial charge in [0.25, 0.3) is 0 Å². The molecule has 124 valence electrons. The molecule has 3 heterocycles. The van der Waals surface area contributed by atoms with Gasteiger partial charge in [-0.15, -0.1) is 0 Å². The predicted molar refractivity (Wildman–Crippen MR) is 96.5 cm³/mol. The third-order valence-electron chi connectivity index (χ3n) is 3.78. The van der Waals surface area contributed by atoms with E-state index in [1.165, 1.54) is 6.07 Å². The van der Waals surface area contributed by atoms with Crippen LogP contribution in [-0.2, 0) is 6.54 Å². The molecule has 0 aliphatic rings. The lowest BCUT2D eigenvalue weighted by Gasteiger charge is -2.07. The van der Waals surface area contributed by atoms with Crippen LogP contribution in [0.4, 0.5) is 10.2 Å². The van der Waals surface area contributed by atoms with Gasteiger partial charge in [0.05, 0.1) is 12.2 Å². The normalized spacial score (nSPS) is 10.9. The smallest absolute Gasteiger partial charge is 0.182 e. The summed E-state index contributed by atoms with van der Waals surface area (Å²) in [6.45, 7) is 0.320. The summed E-state index contributed by atoms with van der Waals surface area (Å²) < 4.78 is 15.8. The van der Waals surface area contributed by atoms with Gasteiger partial charge in [0, 0.05) is 22.7 Å². The maximum absolute atomic E-state index is 14.1. The van der Waals surface area contributed by atoms with Crippen LogP contribution >= 0.6 is 11.3 Å². The van der Waals surface area contributed by atoms with Crippen LogP contribution in [0, 0.1) is 5.82 Å². The van der Waals surface area contributed by atoms with Gasteiger partial charge in [-0.05, 0) is 29.6 Å². The Labute approximate surface area is 147 Å². The highest BCUT2D eigenvalue weighted by Crippen LogP contribution is 2.27. The number of halogens is 1. The highest BCUT2D eigenvalue weighted by molar-refractivity contribution is 7.08. The van der Waals surface area contributed by atoms with Crippen molar-refractivity contribution < 1.29 is 4.39 Å². The van der Waals surface area contributed by atoms with Gasteiger partial charge in [-0.25, -0.2) is 14.4 Å². The zero-order valence-electron chi connectivity index (χ0n) is 13.1. The molecule has 0 saturated heterocycles. The topological polar surface area (TPSA) is 69.6 Å². The maximum atomic E-state index is 14.1. The molecule has 0 atom stereocenters. The summed E-state index contributed by atoms with van der Waals surface area (Å²) in [6.07, 6.45) is 1.60. The average molecular weight is 351 g/mol. The minimum Gasteiger partial charge on any atom is -0.384 e. The Morgan fingerprint density at radius 1 is 1.16 bits per heavy atom. The summed E-state index contributed by atoms with van der Waals surface area (Å²) in [4.78, 5) is 8.45. The van der Waals surface area contributed by atoms with Crippen molar-refractivity contribution in [3.8, 4) is 22.8 Å². The number of nitrogens with zero attached hydrogens (tertiary/aromatic N) is 4. The molecule has 0 unspecified atom stereocenters. The van der Waals surface area contributed by atoms with Gasteiger partial charge in [0.2, 0.25) is 0 Å². The highest BCUT2D eigenvalue weighted by atomic mass is 32.1. The number of nitrogens with two attached hydrogens (primary N) is 1. The second kappa shape index (κ2) is 6.45. The summed E-state index contributed by atoms with van der Waals surface area (Å²) in [5, 5.41) is 8.61. The molecular weight excluding hydrogens is 337 g/mol. The summed E-state index contributed by atoms with van der Waals surface area (Å²) in [5.74, 6) is 0.575. The Morgan fingerprint density at radius 2 is 2.04 bits per heavy atom. The number of hydrogen-bond donors (Lipinski definition) is 1. The second-order valence-corrected chi connectivity index (χ2v) is 6.26. The molecule has 3 aromatic heterocycles. The molecule has 2 N–H and O–H groups in total. The van der Waals surface area contributed by atoms with Crippen LogP contribution < -0.4 is 5.73 Å². The van der Waals surface area contributed by atoms with Crippen LogP contribution in [0.2, 0.25) is 0 Å². The van der Waals surface area contributed by atoms with Crippen molar-refractivity contribution in [3.63, 3.8) is 0 Å². The van der Waals surface area contributed by atoms with Crippen LogP contribution in [0.15, 0.2) is 59.4 Å². The molecule has 25 heavy (non-hydrogen) atoms. The van der Waals surface area contributed by atoms with E-state index < -0.39 is 0 Å². The predicted octanol–water partition coefficient (Wildman–Crippen LogP) is 3.84. The van der Waals surface area contributed by atoms with E-state index >= 15 is 0 Å². The summed E-state index contributed by atoms with van der Waals surface area (Å²) in [6, 6.07) is 12.2. The molecular formula is C18H14FN5S. The first-order chi connectivity index (χ1) is 12.2. The molecule has 0 amide bonds. The Balaban J connectivity index is 1.80. The molecule has 0 saturated carbocycles. The fourth-order valence-corrected chi connectivity index (χ4v) is 3.22. The molecule has 0 fully saturated rings. The summed E-state index contributed by atoms with van der Waals surface area (Å²) in [7, 11) is 0. The maximum Gasteiger partial charge on any atom is 0.182 e. The van der Waals surface area contributed by atoms with Gasteiger partial charge in [-0.3, -0.25) is 4.68 Å². The minimum absolute atomic E-state index is 0.254. The minimum atomic E-state index is -0.254. The molecule has 0 radical (unpaired) electrons. The van der Waals surface area contributed by atoms with Crippen molar-refractivity contribution in [3.05, 3.63) is 70.8 Å². The van der Waals surface area contributed by atoms with Crippen LogP contribution in [0.5, 0.6) is 0 Å². The van der Waals surface area contributed by atoms with Crippen LogP contribution in [-0.4, -0.2) is 19.7 Å². The first-order valence-corrected chi connectivity index (χ1v) is 8.58. The van der Waals surface area contributed by atoms with Crippen LogP contribution in [0.3, 0.4) is 0 Å². The summed E-state index contributed by atoms with van der Waals surface area (Å²) in [5.41, 5.74) is 8.82. The molecule has 0 spiro atoms. The molecule has 1 aromatic carbocycles. The van der Waals surface area contributed by atoms with Gasteiger partial charge in [-0.2, -0.15) is 16.4 Å². The van der Waals surface area contributed by atoms with Crippen LogP contribution in [0.1, 0.15) is 5.56 Å². The van der Waals surface area contributed by atoms with Gasteiger partial charge >= 0.3 is 0 Å². The molecule has 7 heteroatoms. The molecule has 0 aliphatic carbocycles. The summed E-state index contributed by atoms with van der Waals surface area (Å²) >= 11 is 1.59. The lowest BCUT2D eigenvalue weighted by Crippen LogP contribution is -2.05. The number of aromatic nitrogens is 4. The molecule has 4 rings (SSSR count). The molecule has 5 nitrogen and oxygen atoms in total. The van der Waals surface area contributed by atoms with Crippen molar-refractivity contribution >= 4 is 17.2 Å². The Hall–Kier alpha value is -3.06. The Kier molecular flexibility index (Phi) is 3.99. The molecule has 0 bridgehead atoms. The number of benzene rings is 1. The van der Waals surface area contributed by atoms with E-state index in [1.807, 2.05) is 29.0 Å². The average Bonchev–Trinajstić information content (AvgIpc) is 3.26. The standard InChI is InChI=1S/C18H14FN5S/c19-14-4-2-1-3-12(14)10-24-16(13-6-8-25-11-13)9-15(23-24)18-21-7-5-17(20)22-18/h1-9,11H,10H2,(H2,20,21,22). The lowest BCUT2D eigenvalue weighted by molar-refractivity contribution is 0.587. The van der Waals surface area contributed by atoms with E-state index in [2.05, 4.69) is 15.1 Å². The van der Waals surface area contributed by atoms with E-state index in [-0.39, 0.29) is 5.82 Å². The van der Waals surface area contributed by atoms with Crippen LogP contribution in [0.25, 0.3) is 22.8 Å². The molecule has 0 aliphatic heterocycles. The molecule has 4 aromatic rings. The first-order valence-electron chi connectivity index (χ1n) is 7.63. The van der Waals surface area contributed by atoms with Crippen molar-refractivity contribution in [2.45, 2.75) is 6.54 Å². The van der Waals surface area contributed by atoms with E-state index in [1.54, 1.807) is 40.4 Å². The number of rotatable bonds is 4. The SMILES string of the molecule is Nc1ccnc(-c2cc(-c3ccsc3)n(Cc3ccccc3F)n2)n1. The number of thiophene rings is 1.